The Bertz CT molecular complexity index is 1350. The van der Waals surface area contributed by atoms with E-state index < -0.39 is 0 Å². The van der Waals surface area contributed by atoms with Crippen molar-refractivity contribution in [2.45, 2.75) is 19.5 Å². The summed E-state index contributed by atoms with van der Waals surface area (Å²) in [6.07, 6.45) is 0. The summed E-state index contributed by atoms with van der Waals surface area (Å²) in [6.45, 7) is 2.98. The van der Waals surface area contributed by atoms with Crippen LogP contribution in [0.2, 0.25) is 0 Å². The Balaban J connectivity index is 1.57. The van der Waals surface area contributed by atoms with Crippen molar-refractivity contribution < 1.29 is 18.7 Å². The Morgan fingerprint density at radius 3 is 2.62 bits per heavy atom. The molecule has 0 bridgehead atoms. The molecule has 0 N–H and O–H groups in total. The predicted octanol–water partition coefficient (Wildman–Crippen LogP) is 5.85. The number of pyridine rings is 1. The Kier molecular flexibility index (Phi) is 6.15. The van der Waals surface area contributed by atoms with Gasteiger partial charge in [-0.15, -0.1) is 0 Å². The summed E-state index contributed by atoms with van der Waals surface area (Å²) in [6, 6.07) is 19.8. The number of hydrogen-bond acceptors (Lipinski definition) is 7. The van der Waals surface area contributed by atoms with Gasteiger partial charge in [0.15, 0.2) is 5.84 Å². The van der Waals surface area contributed by atoms with E-state index >= 15 is 0 Å². The Morgan fingerprint density at radius 2 is 1.85 bits per heavy atom. The molecule has 0 fully saturated rings. The summed E-state index contributed by atoms with van der Waals surface area (Å²) in [7, 11) is 3.25. The molecule has 0 saturated carbocycles. The molecule has 7 nitrogen and oxygen atoms in total. The summed E-state index contributed by atoms with van der Waals surface area (Å²) >= 11 is 3.47. The molecule has 1 aliphatic heterocycles. The molecule has 1 atom stereocenters. The molecule has 5 rings (SSSR count). The third kappa shape index (κ3) is 4.33. The van der Waals surface area contributed by atoms with Crippen LogP contribution in [0.4, 0.5) is 0 Å². The molecule has 34 heavy (non-hydrogen) atoms. The number of hydrogen-bond donors (Lipinski definition) is 0. The van der Waals surface area contributed by atoms with Gasteiger partial charge in [0, 0.05) is 11.9 Å². The number of aryl methyl sites for hydroxylation is 1. The average Bonchev–Trinajstić information content (AvgIpc) is 3.28. The fourth-order valence-corrected chi connectivity index (χ4v) is 4.40. The van der Waals surface area contributed by atoms with Crippen LogP contribution in [0.1, 0.15) is 28.6 Å². The zero-order chi connectivity index (χ0) is 23.7. The average molecular weight is 522 g/mol. The van der Waals surface area contributed by atoms with Gasteiger partial charge in [0.1, 0.15) is 35.4 Å². The van der Waals surface area contributed by atoms with Gasteiger partial charge < -0.3 is 23.6 Å². The predicted molar refractivity (Wildman–Crippen MR) is 133 cm³/mol. The van der Waals surface area contributed by atoms with Crippen LogP contribution in [0.15, 0.2) is 74.7 Å². The lowest BCUT2D eigenvalue weighted by molar-refractivity contribution is 0.0500. The molecule has 0 radical (unpaired) electrons. The van der Waals surface area contributed by atoms with Gasteiger partial charge in [-0.1, -0.05) is 29.4 Å². The first-order chi connectivity index (χ1) is 16.6. The van der Waals surface area contributed by atoms with Crippen LogP contribution < -0.4 is 9.47 Å². The van der Waals surface area contributed by atoms with Crippen LogP contribution >= 0.6 is 15.9 Å². The second kappa shape index (κ2) is 9.38. The molecule has 0 aliphatic carbocycles. The van der Waals surface area contributed by atoms with Crippen LogP contribution in [-0.2, 0) is 11.4 Å². The highest BCUT2D eigenvalue weighted by Gasteiger charge is 2.33. The molecule has 4 aromatic rings. The van der Waals surface area contributed by atoms with Crippen molar-refractivity contribution in [3.8, 4) is 11.6 Å². The zero-order valence-electron chi connectivity index (χ0n) is 19.1. The van der Waals surface area contributed by atoms with Crippen LogP contribution in [0.25, 0.3) is 11.0 Å². The number of furan rings is 1. The normalized spacial score (nSPS) is 15.7. The maximum absolute atomic E-state index is 6.29. The number of rotatable bonds is 6. The number of amidine groups is 1. The van der Waals surface area contributed by atoms with Gasteiger partial charge in [-0.25, -0.2) is 4.98 Å². The monoisotopic (exact) mass is 521 g/mol. The molecular weight excluding hydrogens is 498 g/mol. The van der Waals surface area contributed by atoms with Gasteiger partial charge >= 0.3 is 0 Å². The lowest BCUT2D eigenvalue weighted by Crippen LogP contribution is -2.40. The summed E-state index contributed by atoms with van der Waals surface area (Å²) in [4.78, 5) is 12.5. The van der Waals surface area contributed by atoms with Crippen molar-refractivity contribution in [2.75, 3.05) is 20.8 Å². The van der Waals surface area contributed by atoms with Crippen LogP contribution in [0, 0.1) is 6.92 Å². The van der Waals surface area contributed by atoms with E-state index in [0.29, 0.717) is 30.6 Å². The van der Waals surface area contributed by atoms with Gasteiger partial charge in [-0.2, -0.15) is 0 Å². The molecule has 174 valence electrons. The van der Waals surface area contributed by atoms with Gasteiger partial charge in [0.2, 0.25) is 5.88 Å². The topological polar surface area (TPSA) is 69.3 Å². The smallest absolute Gasteiger partial charge is 0.228 e. The molecule has 0 saturated heterocycles. The van der Waals surface area contributed by atoms with E-state index in [1.807, 2.05) is 42.5 Å². The number of nitrogens with zero attached hydrogens (tertiary/aromatic N) is 3. The van der Waals surface area contributed by atoms with Crippen molar-refractivity contribution in [3.05, 3.63) is 87.7 Å². The van der Waals surface area contributed by atoms with Crippen LogP contribution in [-0.4, -0.2) is 36.5 Å². The van der Waals surface area contributed by atoms with Gasteiger partial charge in [0.25, 0.3) is 0 Å². The van der Waals surface area contributed by atoms with E-state index in [2.05, 4.69) is 56.1 Å². The number of aromatic nitrogens is 1. The second-order valence-electron chi connectivity index (χ2n) is 8.08. The van der Waals surface area contributed by atoms with Crippen LogP contribution in [0.5, 0.6) is 11.6 Å². The first-order valence-electron chi connectivity index (χ1n) is 10.9. The summed E-state index contributed by atoms with van der Waals surface area (Å²) in [5.74, 6) is 2.70. The minimum atomic E-state index is -0.196. The van der Waals surface area contributed by atoms with Crippen molar-refractivity contribution in [1.82, 2.24) is 9.88 Å². The highest BCUT2D eigenvalue weighted by atomic mass is 79.9. The minimum absolute atomic E-state index is 0.196. The summed E-state index contributed by atoms with van der Waals surface area (Å²) < 4.78 is 17.8. The van der Waals surface area contributed by atoms with Crippen molar-refractivity contribution >= 4 is 32.7 Å². The number of methoxy groups -OCH3 is 2. The second-order valence-corrected chi connectivity index (χ2v) is 8.93. The third-order valence-electron chi connectivity index (χ3n) is 5.80. The van der Waals surface area contributed by atoms with E-state index in [9.17, 15) is 0 Å². The zero-order valence-corrected chi connectivity index (χ0v) is 20.7. The molecular formula is C26H24BrN3O4. The van der Waals surface area contributed by atoms with E-state index in [-0.39, 0.29) is 6.04 Å². The lowest BCUT2D eigenvalue weighted by Gasteiger charge is -2.35. The summed E-state index contributed by atoms with van der Waals surface area (Å²) in [5.41, 5.74) is 3.74. The summed E-state index contributed by atoms with van der Waals surface area (Å²) in [5, 5.41) is 5.46. The quantitative estimate of drug-likeness (QED) is 0.317. The molecule has 3 heterocycles. The minimum Gasteiger partial charge on any atom is -0.497 e. The Labute approximate surface area is 206 Å². The standard InChI is InChI=1S/C26H24BrN3O4/c1-16-4-7-18-13-24(34-23(18)12-16)22-15-33-29-25(21-11-10-20(27)26(28-21)32-3)30(22)14-17-5-8-19(31-2)9-6-17/h4-13,22H,14-15H2,1-3H3. The van der Waals surface area contributed by atoms with Gasteiger partial charge in [-0.3, -0.25) is 0 Å². The maximum Gasteiger partial charge on any atom is 0.228 e. The largest absolute Gasteiger partial charge is 0.497 e. The molecule has 8 heteroatoms. The SMILES string of the molecule is COc1ccc(CN2C(c3ccc(Br)c(OC)n3)=NOCC2c2cc3ccc(C)cc3o2)cc1. The first kappa shape index (κ1) is 22.3. The molecule has 2 aromatic heterocycles. The number of halogens is 1. The lowest BCUT2D eigenvalue weighted by atomic mass is 10.1. The van der Waals surface area contributed by atoms with Crippen molar-refractivity contribution in [1.29, 1.82) is 0 Å². The van der Waals surface area contributed by atoms with E-state index in [4.69, 9.17) is 18.7 Å². The van der Waals surface area contributed by atoms with Crippen molar-refractivity contribution in [2.24, 2.45) is 5.16 Å². The molecule has 1 aliphatic rings. The van der Waals surface area contributed by atoms with E-state index in [1.165, 1.54) is 0 Å². The number of benzene rings is 2. The Hall–Kier alpha value is -3.52. The Morgan fingerprint density at radius 1 is 1.03 bits per heavy atom. The molecule has 2 aromatic carbocycles. The first-order valence-corrected chi connectivity index (χ1v) is 11.7. The third-order valence-corrected chi connectivity index (χ3v) is 6.41. The fourth-order valence-electron chi connectivity index (χ4n) is 4.02. The number of oxime groups is 1. The van der Waals surface area contributed by atoms with Gasteiger partial charge in [-0.05, 0) is 70.4 Å². The highest BCUT2D eigenvalue weighted by molar-refractivity contribution is 9.10. The van der Waals surface area contributed by atoms with E-state index in [0.717, 1.165) is 38.1 Å². The van der Waals surface area contributed by atoms with Crippen LogP contribution in [0.3, 0.4) is 0 Å². The molecule has 0 spiro atoms. The number of fused-ring (bicyclic) bond motifs is 1. The number of ether oxygens (including phenoxy) is 2. The van der Waals surface area contributed by atoms with Gasteiger partial charge in [0.05, 0.1) is 18.7 Å². The molecule has 0 amide bonds. The maximum atomic E-state index is 6.29. The molecule has 1 unspecified atom stereocenters. The highest BCUT2D eigenvalue weighted by Crippen LogP contribution is 2.34. The van der Waals surface area contributed by atoms with Crippen molar-refractivity contribution in [3.63, 3.8) is 0 Å². The van der Waals surface area contributed by atoms with E-state index in [1.54, 1.807) is 14.2 Å². The fraction of sp³-hybridized carbons (Fsp3) is 0.231.